The molecule has 1 aromatic carbocycles. The number of rotatable bonds is 7. The van der Waals surface area contributed by atoms with E-state index in [1.54, 1.807) is 11.8 Å². The van der Waals surface area contributed by atoms with Crippen LogP contribution in [0, 0.1) is 5.92 Å². The van der Waals surface area contributed by atoms with Crippen LogP contribution in [0.5, 0.6) is 0 Å². The molecule has 3 nitrogen and oxygen atoms in total. The number of amides is 1. The average molecular weight is 280 g/mol. The van der Waals surface area contributed by atoms with Crippen LogP contribution in [0.2, 0.25) is 0 Å². The zero-order chi connectivity index (χ0) is 14.3. The summed E-state index contributed by atoms with van der Waals surface area (Å²) >= 11 is 1.66. The Labute approximate surface area is 120 Å². The minimum absolute atomic E-state index is 0.162. The summed E-state index contributed by atoms with van der Waals surface area (Å²) in [6.07, 6.45) is 0. The van der Waals surface area contributed by atoms with Crippen molar-refractivity contribution < 1.29 is 4.79 Å². The molecule has 0 bridgehead atoms. The van der Waals surface area contributed by atoms with Gasteiger partial charge in [0.15, 0.2) is 0 Å². The summed E-state index contributed by atoms with van der Waals surface area (Å²) in [5, 5.41) is 0. The topological polar surface area (TPSA) is 46.3 Å². The fraction of sp³-hybridized carbons (Fsp3) is 0.533. The van der Waals surface area contributed by atoms with Crippen LogP contribution in [0.3, 0.4) is 0 Å². The van der Waals surface area contributed by atoms with Crippen LogP contribution in [-0.4, -0.2) is 30.0 Å². The van der Waals surface area contributed by atoms with Crippen LogP contribution in [0.1, 0.15) is 20.8 Å². The molecule has 0 fully saturated rings. The van der Waals surface area contributed by atoms with Crippen LogP contribution < -0.4 is 10.6 Å². The van der Waals surface area contributed by atoms with Crippen molar-refractivity contribution in [3.63, 3.8) is 0 Å². The first-order valence-corrected chi connectivity index (χ1v) is 7.86. The Hall–Kier alpha value is -1.00. The molecule has 4 heteroatoms. The molecule has 2 N–H and O–H groups in total. The van der Waals surface area contributed by atoms with Crippen molar-refractivity contribution in [1.29, 1.82) is 0 Å². The predicted octanol–water partition coefficient (Wildman–Crippen LogP) is 2.76. The molecule has 106 valence electrons. The average Bonchev–Trinajstić information content (AvgIpc) is 2.39. The molecule has 19 heavy (non-hydrogen) atoms. The summed E-state index contributed by atoms with van der Waals surface area (Å²) in [5.41, 5.74) is 6.55. The number of carbonyl (C=O) groups excluding carboxylic acids is 1. The number of para-hydroxylation sites is 1. The van der Waals surface area contributed by atoms with Gasteiger partial charge >= 0.3 is 0 Å². The van der Waals surface area contributed by atoms with Crippen molar-refractivity contribution in [2.45, 2.75) is 26.8 Å². The highest BCUT2D eigenvalue weighted by Crippen LogP contribution is 2.18. The van der Waals surface area contributed by atoms with Gasteiger partial charge in [0.1, 0.15) is 0 Å². The molecule has 0 saturated carbocycles. The van der Waals surface area contributed by atoms with Gasteiger partial charge in [-0.2, -0.15) is 11.8 Å². The van der Waals surface area contributed by atoms with Gasteiger partial charge in [-0.1, -0.05) is 25.1 Å². The second kappa shape index (κ2) is 8.23. The molecular formula is C15H24N2OS. The van der Waals surface area contributed by atoms with Crippen LogP contribution >= 0.6 is 11.8 Å². The molecule has 1 atom stereocenters. The minimum atomic E-state index is 0.162. The summed E-state index contributed by atoms with van der Waals surface area (Å²) < 4.78 is 0. The Bertz CT molecular complexity index is 381. The van der Waals surface area contributed by atoms with Crippen molar-refractivity contribution in [2.75, 3.05) is 23.0 Å². The molecule has 1 unspecified atom stereocenters. The lowest BCUT2D eigenvalue weighted by Gasteiger charge is -2.27. The minimum Gasteiger partial charge on any atom is -0.330 e. The van der Waals surface area contributed by atoms with Gasteiger partial charge in [-0.3, -0.25) is 4.79 Å². The molecular weight excluding hydrogens is 256 g/mol. The first-order chi connectivity index (χ1) is 9.06. The Morgan fingerprint density at radius 1 is 1.26 bits per heavy atom. The summed E-state index contributed by atoms with van der Waals surface area (Å²) in [5.74, 6) is 2.07. The molecule has 0 aromatic heterocycles. The molecule has 1 amide bonds. The van der Waals surface area contributed by atoms with Crippen molar-refractivity contribution in [2.24, 2.45) is 11.7 Å². The van der Waals surface area contributed by atoms with E-state index in [-0.39, 0.29) is 11.9 Å². The summed E-state index contributed by atoms with van der Waals surface area (Å²) in [6.45, 7) is 6.86. The van der Waals surface area contributed by atoms with Gasteiger partial charge in [-0.25, -0.2) is 0 Å². The molecule has 0 aliphatic rings. The maximum absolute atomic E-state index is 12.3. The number of thioether (sulfide) groups is 1. The van der Waals surface area contributed by atoms with Gasteiger partial charge in [0.2, 0.25) is 5.91 Å². The Kier molecular flexibility index (Phi) is 6.95. The second-order valence-corrected chi connectivity index (χ2v) is 6.08. The second-order valence-electron chi connectivity index (χ2n) is 5.05. The largest absolute Gasteiger partial charge is 0.330 e. The standard InChI is InChI=1S/C15H24N2OS/c1-12(2)17(14-7-5-4-6-8-14)15(18)11-19-10-13(3)9-16/h4-8,12-13H,9-11,16H2,1-3H3. The summed E-state index contributed by atoms with van der Waals surface area (Å²) in [7, 11) is 0. The van der Waals surface area contributed by atoms with Crippen molar-refractivity contribution in [1.82, 2.24) is 0 Å². The maximum Gasteiger partial charge on any atom is 0.237 e. The number of benzene rings is 1. The molecule has 0 aliphatic heterocycles. The fourth-order valence-corrected chi connectivity index (χ4v) is 2.77. The monoisotopic (exact) mass is 280 g/mol. The number of nitrogens with zero attached hydrogens (tertiary/aromatic N) is 1. The third-order valence-corrected chi connectivity index (χ3v) is 4.11. The first kappa shape index (κ1) is 16.1. The van der Waals surface area contributed by atoms with E-state index in [0.717, 1.165) is 11.4 Å². The van der Waals surface area contributed by atoms with E-state index in [4.69, 9.17) is 5.73 Å². The molecule has 0 radical (unpaired) electrons. The van der Waals surface area contributed by atoms with Crippen molar-refractivity contribution in [3.05, 3.63) is 30.3 Å². The SMILES string of the molecule is CC(CN)CSCC(=O)N(c1ccccc1)C(C)C. The first-order valence-electron chi connectivity index (χ1n) is 6.71. The maximum atomic E-state index is 12.3. The Morgan fingerprint density at radius 3 is 2.42 bits per heavy atom. The molecule has 0 heterocycles. The quantitative estimate of drug-likeness (QED) is 0.835. The van der Waals surface area contributed by atoms with Crippen molar-refractivity contribution >= 4 is 23.4 Å². The fourth-order valence-electron chi connectivity index (χ4n) is 1.80. The highest BCUT2D eigenvalue weighted by atomic mass is 32.2. The van der Waals surface area contributed by atoms with Gasteiger partial charge in [-0.05, 0) is 44.2 Å². The van der Waals surface area contributed by atoms with E-state index < -0.39 is 0 Å². The Balaban J connectivity index is 2.60. The third kappa shape index (κ3) is 5.25. The highest BCUT2D eigenvalue weighted by molar-refractivity contribution is 7.99. The van der Waals surface area contributed by atoms with E-state index in [1.165, 1.54) is 0 Å². The van der Waals surface area contributed by atoms with Crippen LogP contribution in [0.15, 0.2) is 30.3 Å². The van der Waals surface area contributed by atoms with Crippen LogP contribution in [0.4, 0.5) is 5.69 Å². The number of hydrogen-bond donors (Lipinski definition) is 1. The Morgan fingerprint density at radius 2 is 1.89 bits per heavy atom. The van der Waals surface area contributed by atoms with Gasteiger partial charge < -0.3 is 10.6 Å². The lowest BCUT2D eigenvalue weighted by molar-refractivity contribution is -0.116. The molecule has 0 saturated heterocycles. The normalized spacial score (nSPS) is 12.5. The van der Waals surface area contributed by atoms with E-state index in [0.29, 0.717) is 18.2 Å². The summed E-state index contributed by atoms with van der Waals surface area (Å²) in [4.78, 5) is 14.2. The third-order valence-electron chi connectivity index (χ3n) is 2.85. The van der Waals surface area contributed by atoms with Crippen LogP contribution in [-0.2, 0) is 4.79 Å². The lowest BCUT2D eigenvalue weighted by atomic mass is 10.2. The molecule has 0 aliphatic carbocycles. The molecule has 1 aromatic rings. The van der Waals surface area contributed by atoms with E-state index >= 15 is 0 Å². The molecule has 0 spiro atoms. The number of nitrogens with two attached hydrogens (primary N) is 1. The van der Waals surface area contributed by atoms with Gasteiger partial charge in [0.05, 0.1) is 5.75 Å². The van der Waals surface area contributed by atoms with E-state index in [1.807, 2.05) is 49.1 Å². The number of anilines is 1. The number of hydrogen-bond acceptors (Lipinski definition) is 3. The highest BCUT2D eigenvalue weighted by Gasteiger charge is 2.18. The van der Waals surface area contributed by atoms with Crippen molar-refractivity contribution in [3.8, 4) is 0 Å². The van der Waals surface area contributed by atoms with E-state index in [9.17, 15) is 4.79 Å². The smallest absolute Gasteiger partial charge is 0.237 e. The zero-order valence-corrected chi connectivity index (χ0v) is 12.8. The van der Waals surface area contributed by atoms with Crippen LogP contribution in [0.25, 0.3) is 0 Å². The lowest BCUT2D eigenvalue weighted by Crippen LogP contribution is -2.38. The van der Waals surface area contributed by atoms with Gasteiger partial charge in [-0.15, -0.1) is 0 Å². The van der Waals surface area contributed by atoms with E-state index in [2.05, 4.69) is 6.92 Å². The number of carbonyl (C=O) groups is 1. The predicted molar refractivity (Wildman–Crippen MR) is 84.6 cm³/mol. The molecule has 1 rings (SSSR count). The zero-order valence-electron chi connectivity index (χ0n) is 12.0. The summed E-state index contributed by atoms with van der Waals surface area (Å²) in [6, 6.07) is 10.0. The van der Waals surface area contributed by atoms with Gasteiger partial charge in [0.25, 0.3) is 0 Å². The van der Waals surface area contributed by atoms with Gasteiger partial charge in [0, 0.05) is 11.7 Å².